The molecule has 2 unspecified atom stereocenters. The molecule has 4 heterocycles. The van der Waals surface area contributed by atoms with Gasteiger partial charge in [0.15, 0.2) is 0 Å². The first kappa shape index (κ1) is 58.8. The number of nitrogens with one attached hydrogen (secondary N) is 4. The number of ether oxygens (including phenoxy) is 2. The molecule has 2 aromatic heterocycles. The lowest BCUT2D eigenvalue weighted by molar-refractivity contribution is -0.161. The van der Waals surface area contributed by atoms with Crippen LogP contribution in [0.4, 0.5) is 0 Å². The van der Waals surface area contributed by atoms with E-state index in [9.17, 15) is 47.9 Å². The Bertz CT molecular complexity index is 2780. The first-order chi connectivity index (χ1) is 37.1. The molecule has 10 atom stereocenters. The minimum Gasteiger partial charge on any atom is -0.461 e. The highest BCUT2D eigenvalue weighted by Crippen LogP contribution is 2.23. The maximum atomic E-state index is 15.0. The third kappa shape index (κ3) is 13.6. The molecule has 2 aromatic carbocycles. The predicted octanol–water partition coefficient (Wildman–Crippen LogP) is 1.33. The summed E-state index contributed by atoms with van der Waals surface area (Å²) in [5.41, 5.74) is 1.39. The number of rotatable bonds is 8. The molecule has 78 heavy (non-hydrogen) atoms. The van der Waals surface area contributed by atoms with E-state index in [1.165, 1.54) is 66.6 Å². The molecular weight excluding hydrogens is 1010 g/mol. The van der Waals surface area contributed by atoms with Crippen LogP contribution in [0.2, 0.25) is 0 Å². The summed E-state index contributed by atoms with van der Waals surface area (Å²) in [7, 11) is 5.37. The zero-order valence-corrected chi connectivity index (χ0v) is 45.4. The van der Waals surface area contributed by atoms with Gasteiger partial charge in [-0.25, -0.2) is 19.6 Å². The molecule has 416 valence electrons. The molecular formula is C54H68N12O12. The lowest BCUT2D eigenvalue weighted by atomic mass is 9.96. The van der Waals surface area contributed by atoms with Gasteiger partial charge >= 0.3 is 11.9 Å². The highest BCUT2D eigenvalue weighted by atomic mass is 16.5. The second-order valence-corrected chi connectivity index (χ2v) is 19.7. The van der Waals surface area contributed by atoms with Crippen LogP contribution in [0.1, 0.15) is 88.2 Å². The van der Waals surface area contributed by atoms with Gasteiger partial charge in [-0.15, -0.1) is 0 Å². The first-order valence-corrected chi connectivity index (χ1v) is 25.8. The number of amides is 8. The number of para-hydroxylation sites is 4. The van der Waals surface area contributed by atoms with Crippen molar-refractivity contribution in [3.63, 3.8) is 0 Å². The molecule has 8 amide bonds. The third-order valence-corrected chi connectivity index (χ3v) is 14.3. The molecule has 0 saturated heterocycles. The molecule has 4 N–H and O–H groups in total. The third-order valence-electron chi connectivity index (χ3n) is 14.3. The van der Waals surface area contributed by atoms with Gasteiger partial charge in [-0.2, -0.15) is 0 Å². The maximum absolute atomic E-state index is 15.0. The smallest absolute Gasteiger partial charge is 0.329 e. The Morgan fingerprint density at radius 1 is 0.564 bits per heavy atom. The van der Waals surface area contributed by atoms with Gasteiger partial charge in [0.1, 0.15) is 72.9 Å². The fraction of sp³-hybridized carbons (Fsp3) is 0.481. The molecule has 2 aliphatic heterocycles. The fourth-order valence-corrected chi connectivity index (χ4v) is 9.17. The SMILES string of the molecule is CCC(C)[C@H]1C(=O)OC[C@@H](NC(=O)c2cnc3ccccc3n2)C(=O)N[C@@H](C)C(=O)N(C)[C@H]2C/C=C\C[C@@H](C(=O)N1C)N(C)C(=O)[C@H](C)NC(=O)[C@H](NC(=O)c1cnc3ccccc3n1)COC(=O)[C@H](C(C)CC)N(C)C2=O. The summed E-state index contributed by atoms with van der Waals surface area (Å²) in [6.07, 6.45) is 5.74. The fourth-order valence-electron chi connectivity index (χ4n) is 9.17. The van der Waals surface area contributed by atoms with Gasteiger partial charge in [0.25, 0.3) is 11.8 Å². The summed E-state index contributed by atoms with van der Waals surface area (Å²) in [5.74, 6) is -9.84. The average Bonchev–Trinajstić information content (AvgIpc) is 3.47. The Hall–Kier alpha value is -8.44. The average molecular weight is 1080 g/mol. The number of nitrogens with zero attached hydrogens (tertiary/aromatic N) is 8. The van der Waals surface area contributed by atoms with Crippen LogP contribution in [-0.4, -0.2) is 188 Å². The number of carbonyl (C=O) groups is 10. The van der Waals surface area contributed by atoms with Crippen LogP contribution in [0.5, 0.6) is 0 Å². The van der Waals surface area contributed by atoms with Crippen LogP contribution in [0, 0.1) is 11.8 Å². The predicted molar refractivity (Wildman–Crippen MR) is 282 cm³/mol. The van der Waals surface area contributed by atoms with Gasteiger partial charge in [0.05, 0.1) is 34.5 Å². The molecule has 0 spiro atoms. The van der Waals surface area contributed by atoms with Crippen molar-refractivity contribution in [1.29, 1.82) is 0 Å². The summed E-state index contributed by atoms with van der Waals surface area (Å²) in [6, 6.07) is 2.05. The van der Waals surface area contributed by atoms with Gasteiger partial charge in [-0.05, 0) is 62.8 Å². The molecule has 0 fully saturated rings. The Morgan fingerprint density at radius 3 is 1.26 bits per heavy atom. The van der Waals surface area contributed by atoms with Crippen LogP contribution in [0.25, 0.3) is 22.1 Å². The van der Waals surface area contributed by atoms with Crippen molar-refractivity contribution in [2.45, 2.75) is 116 Å². The Kier molecular flexibility index (Phi) is 19.7. The number of esters is 2. The molecule has 2 bridgehead atoms. The van der Waals surface area contributed by atoms with Crippen molar-refractivity contribution in [3.05, 3.63) is 84.5 Å². The molecule has 0 saturated carbocycles. The van der Waals surface area contributed by atoms with E-state index in [0.29, 0.717) is 34.9 Å². The van der Waals surface area contributed by atoms with Gasteiger partial charge in [-0.1, -0.05) is 77.0 Å². The van der Waals surface area contributed by atoms with E-state index in [1.54, 1.807) is 76.2 Å². The Morgan fingerprint density at radius 2 is 0.910 bits per heavy atom. The minimum absolute atomic E-state index is 0.180. The Balaban J connectivity index is 1.42. The summed E-state index contributed by atoms with van der Waals surface area (Å²) in [5, 5.41) is 10.2. The molecule has 0 radical (unpaired) electrons. The number of hydrogen-bond donors (Lipinski definition) is 4. The monoisotopic (exact) mass is 1080 g/mol. The molecule has 4 aromatic rings. The number of likely N-dealkylation sites (N-methyl/N-ethyl adjacent to an activating group) is 4. The standard InChI is InChI=1S/C54H68N12O12/c1-11-29(3)43-53(75)77-27-39(61-45(67)37-25-55-33-19-13-15-21-35(33)59-37)47(69)57-32(6)50(72)64(8)42-24-18-17-23-41(51(73)65(43)9)63(7)49(71)31(5)58-48(70)40(28-78-54(76)44(30(4)12-2)66(10)52(42)74)62-46(68)38-26-56-34-20-14-16-22-36(34)60-38/h13-22,25-26,29-32,39-44H,11-12,23-24,27-28H2,1-10H3,(H,57,69)(H,58,70)(H,61,67)(H,62,68)/b18-17-/t29?,30?,31-,32-,39+,40+,41-,42-,43-,44-/m0/s1. The quantitative estimate of drug-likeness (QED) is 0.143. The summed E-state index contributed by atoms with van der Waals surface area (Å²) in [6.45, 7) is 8.09. The van der Waals surface area contributed by atoms with Crippen LogP contribution >= 0.6 is 0 Å². The normalized spacial score (nSPS) is 25.3. The first-order valence-electron chi connectivity index (χ1n) is 25.8. The maximum Gasteiger partial charge on any atom is 0.329 e. The van der Waals surface area contributed by atoms with E-state index in [-0.39, 0.29) is 24.2 Å². The molecule has 6 rings (SSSR count). The van der Waals surface area contributed by atoms with Gasteiger partial charge in [-0.3, -0.25) is 48.3 Å². The largest absolute Gasteiger partial charge is 0.461 e. The van der Waals surface area contributed by atoms with Crippen molar-refractivity contribution in [2.75, 3.05) is 41.4 Å². The van der Waals surface area contributed by atoms with E-state index in [1.807, 2.05) is 0 Å². The zero-order valence-electron chi connectivity index (χ0n) is 45.4. The summed E-state index contributed by atoms with van der Waals surface area (Å²) in [4.78, 5) is 165. The number of benzene rings is 2. The minimum atomic E-state index is -1.66. The van der Waals surface area contributed by atoms with E-state index < -0.39 is 133 Å². The Labute approximate surface area is 451 Å². The van der Waals surface area contributed by atoms with Gasteiger partial charge in [0, 0.05) is 28.2 Å². The number of cyclic esters (lactones) is 2. The van der Waals surface area contributed by atoms with Gasteiger partial charge in [0.2, 0.25) is 35.4 Å². The van der Waals surface area contributed by atoms with Crippen LogP contribution < -0.4 is 21.3 Å². The van der Waals surface area contributed by atoms with Crippen molar-refractivity contribution < 1.29 is 57.4 Å². The van der Waals surface area contributed by atoms with Crippen molar-refractivity contribution >= 4 is 81.3 Å². The molecule has 24 heteroatoms. The van der Waals surface area contributed by atoms with Crippen molar-refractivity contribution in [2.24, 2.45) is 11.8 Å². The second kappa shape index (κ2) is 26.1. The lowest BCUT2D eigenvalue weighted by Crippen LogP contribution is -2.60. The number of carbonyl (C=O) groups excluding carboxylic acids is 10. The van der Waals surface area contributed by atoms with Crippen LogP contribution in [0.15, 0.2) is 73.1 Å². The second-order valence-electron chi connectivity index (χ2n) is 19.7. The molecule has 0 aliphatic carbocycles. The van der Waals surface area contributed by atoms with E-state index in [0.717, 1.165) is 19.6 Å². The highest BCUT2D eigenvalue weighted by Gasteiger charge is 2.42. The number of hydrogen-bond acceptors (Lipinski definition) is 16. The summed E-state index contributed by atoms with van der Waals surface area (Å²) < 4.78 is 11.6. The number of aromatic nitrogens is 4. The van der Waals surface area contributed by atoms with Gasteiger partial charge < -0.3 is 50.3 Å². The van der Waals surface area contributed by atoms with E-state index in [2.05, 4.69) is 41.2 Å². The highest BCUT2D eigenvalue weighted by molar-refractivity contribution is 6.01. The number of fused-ring (bicyclic) bond motifs is 6. The van der Waals surface area contributed by atoms with E-state index >= 15 is 0 Å². The van der Waals surface area contributed by atoms with Crippen molar-refractivity contribution in [1.82, 2.24) is 60.8 Å². The van der Waals surface area contributed by atoms with E-state index in [4.69, 9.17) is 9.47 Å². The summed E-state index contributed by atoms with van der Waals surface area (Å²) >= 11 is 0. The lowest BCUT2D eigenvalue weighted by Gasteiger charge is -2.37. The van der Waals surface area contributed by atoms with Crippen LogP contribution in [0.3, 0.4) is 0 Å². The zero-order chi connectivity index (χ0) is 57.1. The van der Waals surface area contributed by atoms with Crippen LogP contribution in [-0.2, 0) is 47.8 Å². The topological polar surface area (TPSA) is 302 Å². The van der Waals surface area contributed by atoms with Crippen molar-refractivity contribution in [3.8, 4) is 0 Å². The molecule has 2 aliphatic rings. The molecule has 24 nitrogen and oxygen atoms in total.